The van der Waals surface area contributed by atoms with Gasteiger partial charge in [-0.15, -0.1) is 0 Å². The van der Waals surface area contributed by atoms with Crippen molar-refractivity contribution in [2.75, 3.05) is 12.0 Å². The number of rotatable bonds is 14. The van der Waals surface area contributed by atoms with Crippen LogP contribution in [0.25, 0.3) is 10.9 Å². The van der Waals surface area contributed by atoms with Crippen molar-refractivity contribution < 1.29 is 36.7 Å². The molecule has 0 radical (unpaired) electrons. The highest BCUT2D eigenvalue weighted by Gasteiger charge is 2.46. The second kappa shape index (κ2) is 14.4. The summed E-state index contributed by atoms with van der Waals surface area (Å²) in [6.07, 6.45) is -2.83. The number of nitrogens with one attached hydrogen (secondary N) is 2. The van der Waals surface area contributed by atoms with E-state index in [1.165, 1.54) is 36.0 Å². The molecule has 12 heteroatoms. The number of H-pyrrole nitrogens is 1. The van der Waals surface area contributed by atoms with Gasteiger partial charge in [-0.2, -0.15) is 24.9 Å². The number of hydrogen-bond acceptors (Lipinski definition) is 5. The second-order valence-electron chi connectivity index (χ2n) is 12.2. The number of benzene rings is 2. The zero-order chi connectivity index (χ0) is 33.8. The molecule has 248 valence electrons. The number of halogens is 4. The van der Waals surface area contributed by atoms with Gasteiger partial charge < -0.3 is 16.0 Å². The quantitative estimate of drug-likeness (QED) is 0.184. The van der Waals surface area contributed by atoms with Crippen molar-refractivity contribution in [1.82, 2.24) is 10.3 Å². The first-order valence-corrected chi connectivity index (χ1v) is 16.7. The minimum absolute atomic E-state index is 0.0693. The van der Waals surface area contributed by atoms with E-state index in [1.807, 2.05) is 13.8 Å². The fraction of sp³-hybridized carbons (Fsp3) is 0.471. The highest BCUT2D eigenvalue weighted by molar-refractivity contribution is 7.98. The first-order chi connectivity index (χ1) is 21.7. The number of carbonyl (C=O) groups is 4. The van der Waals surface area contributed by atoms with E-state index >= 15 is 0 Å². The Bertz CT molecular complexity index is 1620. The van der Waals surface area contributed by atoms with E-state index in [1.54, 1.807) is 18.4 Å². The number of aryl methyl sites for hydroxylation is 1. The third-order valence-corrected chi connectivity index (χ3v) is 9.91. The molecule has 3 aromatic rings. The van der Waals surface area contributed by atoms with Crippen LogP contribution >= 0.6 is 11.8 Å². The molecular formula is C34H39F4N3O4S. The molecule has 1 aliphatic carbocycles. The number of ketones is 2. The van der Waals surface area contributed by atoms with Gasteiger partial charge in [-0.05, 0) is 48.3 Å². The maximum Gasteiger partial charge on any atom is 0.418 e. The van der Waals surface area contributed by atoms with Gasteiger partial charge >= 0.3 is 6.18 Å². The van der Waals surface area contributed by atoms with E-state index in [2.05, 4.69) is 10.3 Å². The molecule has 0 spiro atoms. The van der Waals surface area contributed by atoms with Gasteiger partial charge in [-0.1, -0.05) is 50.6 Å². The summed E-state index contributed by atoms with van der Waals surface area (Å²) < 4.78 is 55.9. The van der Waals surface area contributed by atoms with Crippen molar-refractivity contribution in [3.8, 4) is 0 Å². The summed E-state index contributed by atoms with van der Waals surface area (Å²) in [6, 6.07) is 9.74. The molecule has 1 aliphatic rings. The number of fused-ring (bicyclic) bond motifs is 3. The number of alkyl halides is 3. The number of aromatic nitrogens is 1. The fourth-order valence-electron chi connectivity index (χ4n) is 6.32. The van der Waals surface area contributed by atoms with Crippen molar-refractivity contribution in [2.45, 2.75) is 70.5 Å². The lowest BCUT2D eigenvalue weighted by Crippen LogP contribution is -2.60. The average molecular weight is 662 g/mol. The molecule has 4 N–H and O–H groups in total. The molecule has 0 bridgehead atoms. The lowest BCUT2D eigenvalue weighted by atomic mass is 9.74. The van der Waals surface area contributed by atoms with Gasteiger partial charge in [0.25, 0.3) is 0 Å². The Balaban J connectivity index is 1.71. The second-order valence-corrected chi connectivity index (χ2v) is 13.2. The molecule has 0 fully saturated rings. The number of para-hydroxylation sites is 1. The van der Waals surface area contributed by atoms with Crippen LogP contribution in [0.4, 0.5) is 17.6 Å². The molecule has 7 nitrogen and oxygen atoms in total. The van der Waals surface area contributed by atoms with E-state index in [9.17, 15) is 36.7 Å². The molecular weight excluding hydrogens is 622 g/mol. The van der Waals surface area contributed by atoms with E-state index in [-0.39, 0.29) is 67.1 Å². The first-order valence-electron chi connectivity index (χ1n) is 15.3. The predicted octanol–water partition coefficient (Wildman–Crippen LogP) is 5.96. The highest BCUT2D eigenvalue weighted by Crippen LogP contribution is 2.41. The minimum Gasteiger partial charge on any atom is -0.369 e. The van der Waals surface area contributed by atoms with Crippen LogP contribution in [0.5, 0.6) is 0 Å². The molecule has 1 heterocycles. The Kier molecular flexibility index (Phi) is 11.0. The Morgan fingerprint density at radius 2 is 1.80 bits per heavy atom. The van der Waals surface area contributed by atoms with Crippen LogP contribution < -0.4 is 11.1 Å². The van der Waals surface area contributed by atoms with E-state index < -0.39 is 52.5 Å². The van der Waals surface area contributed by atoms with Crippen molar-refractivity contribution in [3.05, 3.63) is 70.7 Å². The number of thioether (sulfide) groups is 1. The SMILES string of the molecule is CCC(C)[C@H](CC(=O)Cc1ccccc1F)C(=O)N[C@]1(C(=O)C[C@@H](CSC)C(N)=O)CCc2[nH]c3c(C(F)(F)F)cccc3c2C1. The standard InChI is InChI=1S/C34H39F4N3O4S/c1-4-19(2)24(16-22(42)14-20-8-5-6-11-27(20)35)32(45)41-33(29(43)15-21(18-46-3)31(39)44)13-12-28-25(17-33)23-9-7-10-26(30(23)40-28)34(36,37)38/h5-11,19,21,24,40H,4,12-18H2,1-3H3,(H2,39,44)(H,41,45)/t19?,21-,24-,33+/m0/s1. The maximum atomic E-state index is 14.3. The number of hydrogen-bond donors (Lipinski definition) is 3. The Morgan fingerprint density at radius 3 is 2.43 bits per heavy atom. The van der Waals surface area contributed by atoms with Crippen LogP contribution in [0, 0.1) is 23.6 Å². The number of Topliss-reactive ketones (excluding diaryl/α,β-unsaturated/α-hetero) is 2. The largest absolute Gasteiger partial charge is 0.418 e. The lowest BCUT2D eigenvalue weighted by molar-refractivity contribution is -0.138. The van der Waals surface area contributed by atoms with Gasteiger partial charge in [-0.25, -0.2) is 4.39 Å². The summed E-state index contributed by atoms with van der Waals surface area (Å²) in [7, 11) is 0. The van der Waals surface area contributed by atoms with Crippen LogP contribution in [-0.4, -0.2) is 45.9 Å². The Morgan fingerprint density at radius 1 is 1.09 bits per heavy atom. The van der Waals surface area contributed by atoms with Crippen molar-refractivity contribution in [1.29, 1.82) is 0 Å². The summed E-state index contributed by atoms with van der Waals surface area (Å²) in [4.78, 5) is 56.5. The summed E-state index contributed by atoms with van der Waals surface area (Å²) in [6.45, 7) is 3.68. The summed E-state index contributed by atoms with van der Waals surface area (Å²) >= 11 is 1.34. The predicted molar refractivity (Wildman–Crippen MR) is 170 cm³/mol. The Hall–Kier alpha value is -3.67. The minimum atomic E-state index is -4.61. The third kappa shape index (κ3) is 7.65. The molecule has 0 saturated heterocycles. The molecule has 0 saturated carbocycles. The molecule has 46 heavy (non-hydrogen) atoms. The first kappa shape index (κ1) is 35.2. The zero-order valence-corrected chi connectivity index (χ0v) is 26.9. The smallest absolute Gasteiger partial charge is 0.369 e. The van der Waals surface area contributed by atoms with Crippen LogP contribution in [0.1, 0.15) is 61.9 Å². The summed E-state index contributed by atoms with van der Waals surface area (Å²) in [5.41, 5.74) is 4.36. The maximum absolute atomic E-state index is 14.3. The van der Waals surface area contributed by atoms with Gasteiger partial charge in [0.15, 0.2) is 5.78 Å². The third-order valence-electron chi connectivity index (χ3n) is 9.17. The molecule has 2 aromatic carbocycles. The number of primary amides is 1. The molecule has 1 unspecified atom stereocenters. The van der Waals surface area contributed by atoms with E-state index in [0.717, 1.165) is 6.07 Å². The van der Waals surface area contributed by atoms with Crippen LogP contribution in [0.3, 0.4) is 0 Å². The fourth-order valence-corrected chi connectivity index (χ4v) is 7.01. The van der Waals surface area contributed by atoms with Crippen molar-refractivity contribution in [3.63, 3.8) is 0 Å². The topological polar surface area (TPSA) is 122 Å². The van der Waals surface area contributed by atoms with E-state index in [4.69, 9.17) is 5.73 Å². The normalized spacial score (nSPS) is 18.4. The summed E-state index contributed by atoms with van der Waals surface area (Å²) in [5, 5.41) is 3.24. The molecule has 1 aromatic heterocycles. The van der Waals surface area contributed by atoms with Crippen LogP contribution in [-0.2, 0) is 44.6 Å². The number of amides is 2. The molecule has 4 rings (SSSR count). The van der Waals surface area contributed by atoms with Crippen LogP contribution in [0.2, 0.25) is 0 Å². The van der Waals surface area contributed by atoms with Gasteiger partial charge in [0, 0.05) is 48.4 Å². The Labute approximate surface area is 269 Å². The lowest BCUT2D eigenvalue weighted by Gasteiger charge is -2.39. The average Bonchev–Trinajstić information content (AvgIpc) is 3.37. The van der Waals surface area contributed by atoms with Gasteiger partial charge in [0.2, 0.25) is 11.8 Å². The van der Waals surface area contributed by atoms with Gasteiger partial charge in [0.1, 0.15) is 17.1 Å². The van der Waals surface area contributed by atoms with Gasteiger partial charge in [-0.3, -0.25) is 19.2 Å². The number of nitrogens with two attached hydrogens (primary N) is 1. The summed E-state index contributed by atoms with van der Waals surface area (Å²) in [5.74, 6) is -4.22. The van der Waals surface area contributed by atoms with Crippen LogP contribution in [0.15, 0.2) is 42.5 Å². The molecule has 0 aliphatic heterocycles. The molecule has 4 atom stereocenters. The number of carbonyl (C=O) groups excluding carboxylic acids is 4. The van der Waals surface area contributed by atoms with Gasteiger partial charge in [0.05, 0.1) is 17.0 Å². The van der Waals surface area contributed by atoms with Crippen molar-refractivity contribution >= 4 is 46.0 Å². The highest BCUT2D eigenvalue weighted by atomic mass is 32.2. The van der Waals surface area contributed by atoms with Crippen molar-refractivity contribution in [2.24, 2.45) is 23.5 Å². The monoisotopic (exact) mass is 661 g/mol. The molecule has 2 amide bonds. The number of aromatic amines is 1. The van der Waals surface area contributed by atoms with E-state index in [0.29, 0.717) is 23.1 Å². The zero-order valence-electron chi connectivity index (χ0n) is 26.1.